The average Bonchev–Trinajstić information content (AvgIpc) is 2.38. The maximum Gasteiger partial charge on any atom is 0.0158 e. The van der Waals surface area contributed by atoms with Crippen LogP contribution in [0.2, 0.25) is 0 Å². The van der Waals surface area contributed by atoms with Gasteiger partial charge in [-0.15, -0.1) is 0 Å². The van der Waals surface area contributed by atoms with E-state index in [1.807, 2.05) is 0 Å². The van der Waals surface area contributed by atoms with Crippen molar-refractivity contribution in [1.29, 1.82) is 0 Å². The summed E-state index contributed by atoms with van der Waals surface area (Å²) >= 11 is 0. The van der Waals surface area contributed by atoms with Gasteiger partial charge in [0.15, 0.2) is 0 Å². The summed E-state index contributed by atoms with van der Waals surface area (Å²) in [5.74, 6) is 0. The zero-order valence-electron chi connectivity index (χ0n) is 14.5. The highest BCUT2D eigenvalue weighted by molar-refractivity contribution is 5.28. The largest absolute Gasteiger partial charge is 0.313 e. The number of hydrogen-bond acceptors (Lipinski definition) is 1. The second-order valence-corrected chi connectivity index (χ2v) is 7.60. The molecule has 20 heavy (non-hydrogen) atoms. The van der Waals surface area contributed by atoms with Crippen molar-refractivity contribution < 1.29 is 0 Å². The number of hydrogen-bond donors (Lipinski definition) is 1. The van der Waals surface area contributed by atoms with E-state index < -0.39 is 0 Å². The van der Waals surface area contributed by atoms with Gasteiger partial charge in [-0.25, -0.2) is 0 Å². The zero-order valence-corrected chi connectivity index (χ0v) is 14.5. The Balaban J connectivity index is 2.84. The highest BCUT2D eigenvalue weighted by Crippen LogP contribution is 2.28. The molecule has 0 bridgehead atoms. The Kier molecular flexibility index (Phi) is 5.82. The standard InChI is InChI=1S/C19H33N/c1-8-19(6,7)17(20-9-2)14-15-10-12-16(13-11-15)18(3,4)5/h10-13,17,20H,8-9,14H2,1-7H3. The summed E-state index contributed by atoms with van der Waals surface area (Å²) in [6.45, 7) is 17.0. The van der Waals surface area contributed by atoms with Crippen molar-refractivity contribution in [2.75, 3.05) is 6.54 Å². The average molecular weight is 275 g/mol. The molecular weight excluding hydrogens is 242 g/mol. The lowest BCUT2D eigenvalue weighted by atomic mass is 9.78. The van der Waals surface area contributed by atoms with Gasteiger partial charge in [-0.05, 0) is 41.3 Å². The van der Waals surface area contributed by atoms with Crippen LogP contribution in [0.1, 0.15) is 66.0 Å². The van der Waals surface area contributed by atoms with E-state index in [2.05, 4.69) is 78.0 Å². The van der Waals surface area contributed by atoms with Crippen molar-refractivity contribution in [3.63, 3.8) is 0 Å². The Morgan fingerprint density at radius 1 is 0.950 bits per heavy atom. The van der Waals surface area contributed by atoms with Gasteiger partial charge in [0, 0.05) is 6.04 Å². The summed E-state index contributed by atoms with van der Waals surface area (Å²) in [5, 5.41) is 3.67. The number of rotatable bonds is 6. The van der Waals surface area contributed by atoms with E-state index in [4.69, 9.17) is 0 Å². The highest BCUT2D eigenvalue weighted by Gasteiger charge is 2.27. The van der Waals surface area contributed by atoms with Crippen molar-refractivity contribution in [3.05, 3.63) is 35.4 Å². The minimum Gasteiger partial charge on any atom is -0.313 e. The molecule has 1 unspecified atom stereocenters. The topological polar surface area (TPSA) is 12.0 Å². The summed E-state index contributed by atoms with van der Waals surface area (Å²) < 4.78 is 0. The first-order valence-corrected chi connectivity index (χ1v) is 8.03. The third-order valence-corrected chi connectivity index (χ3v) is 4.56. The molecule has 1 aromatic carbocycles. The van der Waals surface area contributed by atoms with Crippen LogP contribution in [0.4, 0.5) is 0 Å². The Hall–Kier alpha value is -0.820. The first-order valence-electron chi connectivity index (χ1n) is 8.03. The van der Waals surface area contributed by atoms with Crippen molar-refractivity contribution in [2.24, 2.45) is 5.41 Å². The highest BCUT2D eigenvalue weighted by atomic mass is 14.9. The van der Waals surface area contributed by atoms with Crippen LogP contribution in [-0.4, -0.2) is 12.6 Å². The molecule has 1 rings (SSSR count). The lowest BCUT2D eigenvalue weighted by Crippen LogP contribution is -2.43. The molecule has 1 nitrogen and oxygen atoms in total. The second-order valence-electron chi connectivity index (χ2n) is 7.60. The molecule has 1 heteroatoms. The van der Waals surface area contributed by atoms with Gasteiger partial charge in [-0.1, -0.05) is 72.7 Å². The minimum atomic E-state index is 0.238. The summed E-state index contributed by atoms with van der Waals surface area (Å²) in [6, 6.07) is 9.72. The SMILES string of the molecule is CCNC(Cc1ccc(C(C)(C)C)cc1)C(C)(C)CC. The van der Waals surface area contributed by atoms with Crippen LogP contribution in [0.25, 0.3) is 0 Å². The van der Waals surface area contributed by atoms with Crippen LogP contribution >= 0.6 is 0 Å². The number of benzene rings is 1. The summed E-state index contributed by atoms with van der Waals surface area (Å²) in [7, 11) is 0. The first kappa shape index (κ1) is 17.2. The van der Waals surface area contributed by atoms with Gasteiger partial charge < -0.3 is 5.32 Å². The van der Waals surface area contributed by atoms with E-state index in [0.717, 1.165) is 13.0 Å². The maximum absolute atomic E-state index is 3.67. The van der Waals surface area contributed by atoms with E-state index in [-0.39, 0.29) is 5.41 Å². The van der Waals surface area contributed by atoms with Crippen LogP contribution in [-0.2, 0) is 11.8 Å². The van der Waals surface area contributed by atoms with Crippen LogP contribution in [0.15, 0.2) is 24.3 Å². The Bertz CT molecular complexity index is 395. The normalized spacial score (nSPS) is 14.3. The molecule has 1 atom stereocenters. The van der Waals surface area contributed by atoms with Crippen molar-refractivity contribution in [3.8, 4) is 0 Å². The Morgan fingerprint density at radius 2 is 1.50 bits per heavy atom. The monoisotopic (exact) mass is 275 g/mol. The fourth-order valence-electron chi connectivity index (χ4n) is 2.49. The lowest BCUT2D eigenvalue weighted by Gasteiger charge is -2.34. The smallest absolute Gasteiger partial charge is 0.0158 e. The van der Waals surface area contributed by atoms with E-state index >= 15 is 0 Å². The molecule has 114 valence electrons. The predicted molar refractivity (Wildman–Crippen MR) is 90.4 cm³/mol. The molecule has 0 radical (unpaired) electrons. The van der Waals surface area contributed by atoms with Crippen LogP contribution < -0.4 is 5.32 Å². The van der Waals surface area contributed by atoms with E-state index in [9.17, 15) is 0 Å². The Labute approximate surface area is 126 Å². The van der Waals surface area contributed by atoms with Crippen molar-refractivity contribution in [2.45, 2.75) is 72.8 Å². The molecule has 1 aromatic rings. The van der Waals surface area contributed by atoms with E-state index in [1.54, 1.807) is 0 Å². The molecule has 1 N–H and O–H groups in total. The molecule has 0 aliphatic carbocycles. The quantitative estimate of drug-likeness (QED) is 0.775. The van der Waals surface area contributed by atoms with E-state index in [1.165, 1.54) is 17.5 Å². The van der Waals surface area contributed by atoms with Crippen LogP contribution in [0.5, 0.6) is 0 Å². The molecule has 0 aliphatic heterocycles. The second kappa shape index (κ2) is 6.76. The Morgan fingerprint density at radius 3 is 1.90 bits per heavy atom. The molecule has 0 saturated carbocycles. The van der Waals surface area contributed by atoms with Gasteiger partial charge in [-0.2, -0.15) is 0 Å². The lowest BCUT2D eigenvalue weighted by molar-refractivity contribution is 0.232. The zero-order chi connectivity index (χ0) is 15.4. The molecule has 0 amide bonds. The van der Waals surface area contributed by atoms with E-state index in [0.29, 0.717) is 11.5 Å². The summed E-state index contributed by atoms with van der Waals surface area (Å²) in [5.41, 5.74) is 3.42. The third-order valence-electron chi connectivity index (χ3n) is 4.56. The number of nitrogens with one attached hydrogen (secondary N) is 1. The fraction of sp³-hybridized carbons (Fsp3) is 0.684. The molecule has 0 saturated heterocycles. The molecule has 0 fully saturated rings. The summed E-state index contributed by atoms with van der Waals surface area (Å²) in [6.07, 6.45) is 2.31. The molecule has 0 heterocycles. The molecule has 0 aromatic heterocycles. The van der Waals surface area contributed by atoms with Crippen LogP contribution in [0, 0.1) is 5.41 Å². The molecular formula is C19H33N. The van der Waals surface area contributed by atoms with Crippen molar-refractivity contribution in [1.82, 2.24) is 5.32 Å². The maximum atomic E-state index is 3.67. The van der Waals surface area contributed by atoms with Gasteiger partial charge >= 0.3 is 0 Å². The van der Waals surface area contributed by atoms with Gasteiger partial charge in [0.2, 0.25) is 0 Å². The minimum absolute atomic E-state index is 0.238. The van der Waals surface area contributed by atoms with Crippen molar-refractivity contribution >= 4 is 0 Å². The predicted octanol–water partition coefficient (Wildman–Crippen LogP) is 4.94. The first-order chi connectivity index (χ1) is 9.20. The van der Waals surface area contributed by atoms with Crippen LogP contribution in [0.3, 0.4) is 0 Å². The molecule has 0 spiro atoms. The third kappa shape index (κ3) is 4.63. The number of likely N-dealkylation sites (N-methyl/N-ethyl adjacent to an activating group) is 1. The molecule has 0 aliphatic rings. The van der Waals surface area contributed by atoms with Gasteiger partial charge in [0.1, 0.15) is 0 Å². The van der Waals surface area contributed by atoms with Gasteiger partial charge in [0.25, 0.3) is 0 Å². The summed E-state index contributed by atoms with van der Waals surface area (Å²) in [4.78, 5) is 0. The van der Waals surface area contributed by atoms with Gasteiger partial charge in [-0.3, -0.25) is 0 Å². The van der Waals surface area contributed by atoms with Gasteiger partial charge in [0.05, 0.1) is 0 Å². The fourth-order valence-corrected chi connectivity index (χ4v) is 2.49.